The Kier molecular flexibility index (Phi) is 48.8. The first kappa shape index (κ1) is 59.4. The molecule has 0 saturated heterocycles. The Labute approximate surface area is 384 Å². The molecule has 0 aromatic carbocycles. The minimum atomic E-state index is -0.776. The second-order valence-corrected chi connectivity index (χ2v) is 17.8. The van der Waals surface area contributed by atoms with E-state index in [-0.39, 0.29) is 31.1 Å². The Morgan fingerprint density at radius 1 is 0.323 bits per heavy atom. The van der Waals surface area contributed by atoms with Crippen molar-refractivity contribution < 1.29 is 28.6 Å². The lowest BCUT2D eigenvalue weighted by Gasteiger charge is -2.18. The molecule has 0 aromatic heterocycles. The fourth-order valence-electron chi connectivity index (χ4n) is 7.50. The van der Waals surface area contributed by atoms with Gasteiger partial charge in [-0.05, 0) is 83.5 Å². The molecule has 6 heteroatoms. The van der Waals surface area contributed by atoms with Crippen molar-refractivity contribution in [3.8, 4) is 0 Å². The highest BCUT2D eigenvalue weighted by Gasteiger charge is 2.19. The van der Waals surface area contributed by atoms with Gasteiger partial charge in [0.2, 0.25) is 0 Å². The fourth-order valence-corrected chi connectivity index (χ4v) is 7.50. The predicted molar refractivity (Wildman–Crippen MR) is 265 cm³/mol. The van der Waals surface area contributed by atoms with Crippen LogP contribution in [-0.4, -0.2) is 37.2 Å². The Balaban J connectivity index is 4.12. The highest BCUT2D eigenvalue weighted by Crippen LogP contribution is 2.15. The smallest absolute Gasteiger partial charge is 0.306 e. The molecule has 0 saturated carbocycles. The summed E-state index contributed by atoms with van der Waals surface area (Å²) in [5.74, 6) is -0.902. The van der Waals surface area contributed by atoms with Gasteiger partial charge in [-0.25, -0.2) is 0 Å². The Hall–Kier alpha value is -2.63. The molecular weight excluding hydrogens is 769 g/mol. The number of esters is 3. The summed E-state index contributed by atoms with van der Waals surface area (Å²) >= 11 is 0. The van der Waals surface area contributed by atoms with Crippen LogP contribution in [0.5, 0.6) is 0 Å². The SMILES string of the molecule is CCCCCC/C=C\C/C=C\CCCCCCCC(=O)OC(COC(=O)CCCCCCC)COC(=O)CCCCCCCCCCCCC/C=C\C/C=C\CCCCCCC. The summed E-state index contributed by atoms with van der Waals surface area (Å²) in [6.07, 6.45) is 61.4. The summed E-state index contributed by atoms with van der Waals surface area (Å²) in [6, 6.07) is 0. The molecule has 1 atom stereocenters. The van der Waals surface area contributed by atoms with Gasteiger partial charge >= 0.3 is 17.9 Å². The van der Waals surface area contributed by atoms with Crippen LogP contribution in [0, 0.1) is 0 Å². The van der Waals surface area contributed by atoms with Gasteiger partial charge in [-0.15, -0.1) is 0 Å². The van der Waals surface area contributed by atoms with E-state index in [4.69, 9.17) is 14.2 Å². The largest absolute Gasteiger partial charge is 0.462 e. The summed E-state index contributed by atoms with van der Waals surface area (Å²) in [5, 5.41) is 0. The van der Waals surface area contributed by atoms with Gasteiger partial charge in [-0.1, -0.05) is 217 Å². The number of rotatable bonds is 48. The topological polar surface area (TPSA) is 78.9 Å². The molecule has 62 heavy (non-hydrogen) atoms. The quantitative estimate of drug-likeness (QED) is 0.0262. The van der Waals surface area contributed by atoms with Crippen LogP contribution in [0.2, 0.25) is 0 Å². The molecule has 0 aliphatic carbocycles. The number of carbonyl (C=O) groups is 3. The highest BCUT2D eigenvalue weighted by atomic mass is 16.6. The van der Waals surface area contributed by atoms with Crippen molar-refractivity contribution in [2.75, 3.05) is 13.2 Å². The first-order valence-electron chi connectivity index (χ1n) is 26.6. The first-order valence-corrected chi connectivity index (χ1v) is 26.6. The number of hydrogen-bond donors (Lipinski definition) is 0. The standard InChI is InChI=1S/C56H100O6/c1-4-7-10-13-15-17-19-21-23-25-26-27-28-29-30-31-33-34-36-38-40-43-46-49-55(58)61-52-53(51-60-54(57)48-45-42-12-9-6-3)62-56(59)50-47-44-41-39-37-35-32-24-22-20-18-16-14-11-8-5-2/h18-21,24-26,32,53H,4-17,22-23,27-31,33-52H2,1-3H3/b20-18-,21-19-,26-25-,32-24-. The van der Waals surface area contributed by atoms with E-state index in [2.05, 4.69) is 69.4 Å². The zero-order valence-electron chi connectivity index (χ0n) is 41.1. The summed E-state index contributed by atoms with van der Waals surface area (Å²) in [7, 11) is 0. The molecule has 0 amide bonds. The van der Waals surface area contributed by atoms with Gasteiger partial charge in [0.25, 0.3) is 0 Å². The molecule has 0 rings (SSSR count). The van der Waals surface area contributed by atoms with Gasteiger partial charge in [0.05, 0.1) is 0 Å². The normalized spacial score (nSPS) is 12.4. The van der Waals surface area contributed by atoms with Gasteiger partial charge in [0.1, 0.15) is 13.2 Å². The van der Waals surface area contributed by atoms with E-state index in [0.717, 1.165) is 96.3 Å². The number of ether oxygens (including phenoxy) is 3. The van der Waals surface area contributed by atoms with Crippen LogP contribution in [0.4, 0.5) is 0 Å². The van der Waals surface area contributed by atoms with Crippen LogP contribution >= 0.6 is 0 Å². The Bertz CT molecular complexity index is 1090. The fraction of sp³-hybridized carbons (Fsp3) is 0.804. The maximum atomic E-state index is 12.7. The third-order valence-electron chi connectivity index (χ3n) is 11.6. The van der Waals surface area contributed by atoms with Gasteiger partial charge in [0.15, 0.2) is 6.10 Å². The van der Waals surface area contributed by atoms with E-state index in [1.807, 2.05) is 0 Å². The summed E-state index contributed by atoms with van der Waals surface area (Å²) in [6.45, 7) is 6.53. The molecule has 360 valence electrons. The van der Waals surface area contributed by atoms with E-state index in [1.165, 1.54) is 135 Å². The average Bonchev–Trinajstić information content (AvgIpc) is 3.27. The highest BCUT2D eigenvalue weighted by molar-refractivity contribution is 5.71. The minimum absolute atomic E-state index is 0.0791. The molecule has 0 heterocycles. The molecule has 0 bridgehead atoms. The minimum Gasteiger partial charge on any atom is -0.462 e. The molecular formula is C56H100O6. The molecule has 0 spiro atoms. The van der Waals surface area contributed by atoms with E-state index in [9.17, 15) is 14.4 Å². The van der Waals surface area contributed by atoms with E-state index in [0.29, 0.717) is 19.3 Å². The first-order chi connectivity index (χ1) is 30.5. The van der Waals surface area contributed by atoms with Crippen molar-refractivity contribution in [2.45, 2.75) is 277 Å². The number of carbonyl (C=O) groups excluding carboxylic acids is 3. The van der Waals surface area contributed by atoms with Crippen LogP contribution < -0.4 is 0 Å². The summed E-state index contributed by atoms with van der Waals surface area (Å²) < 4.78 is 16.7. The molecule has 0 aromatic rings. The van der Waals surface area contributed by atoms with Crippen LogP contribution in [0.15, 0.2) is 48.6 Å². The molecule has 0 aliphatic rings. The molecule has 0 N–H and O–H groups in total. The molecule has 0 radical (unpaired) electrons. The number of allylic oxidation sites excluding steroid dienone is 8. The maximum Gasteiger partial charge on any atom is 0.306 e. The lowest BCUT2D eigenvalue weighted by Crippen LogP contribution is -2.30. The third-order valence-corrected chi connectivity index (χ3v) is 11.6. The predicted octanol–water partition coefficient (Wildman–Crippen LogP) is 17.5. The third kappa shape index (κ3) is 48.4. The van der Waals surface area contributed by atoms with Crippen LogP contribution in [-0.2, 0) is 28.6 Å². The molecule has 6 nitrogen and oxygen atoms in total. The molecule has 0 fully saturated rings. The lowest BCUT2D eigenvalue weighted by atomic mass is 10.0. The van der Waals surface area contributed by atoms with Crippen molar-refractivity contribution in [3.05, 3.63) is 48.6 Å². The van der Waals surface area contributed by atoms with Crippen LogP contribution in [0.1, 0.15) is 271 Å². The molecule has 0 aliphatic heterocycles. The van der Waals surface area contributed by atoms with Crippen molar-refractivity contribution in [3.63, 3.8) is 0 Å². The second kappa shape index (κ2) is 51.0. The second-order valence-electron chi connectivity index (χ2n) is 17.8. The van der Waals surface area contributed by atoms with Crippen molar-refractivity contribution in [2.24, 2.45) is 0 Å². The van der Waals surface area contributed by atoms with Crippen molar-refractivity contribution in [1.82, 2.24) is 0 Å². The monoisotopic (exact) mass is 869 g/mol. The molecule has 1 unspecified atom stereocenters. The lowest BCUT2D eigenvalue weighted by molar-refractivity contribution is -0.167. The van der Waals surface area contributed by atoms with Gasteiger partial charge in [0, 0.05) is 19.3 Å². The van der Waals surface area contributed by atoms with E-state index >= 15 is 0 Å². The van der Waals surface area contributed by atoms with Crippen LogP contribution in [0.25, 0.3) is 0 Å². The number of hydrogen-bond acceptors (Lipinski definition) is 6. The van der Waals surface area contributed by atoms with Gasteiger partial charge in [-0.3, -0.25) is 14.4 Å². The van der Waals surface area contributed by atoms with E-state index in [1.54, 1.807) is 0 Å². The summed E-state index contributed by atoms with van der Waals surface area (Å²) in [5.41, 5.74) is 0. The van der Waals surface area contributed by atoms with Crippen molar-refractivity contribution in [1.29, 1.82) is 0 Å². The van der Waals surface area contributed by atoms with Gasteiger partial charge < -0.3 is 14.2 Å². The van der Waals surface area contributed by atoms with Crippen LogP contribution in [0.3, 0.4) is 0 Å². The van der Waals surface area contributed by atoms with Crippen molar-refractivity contribution >= 4 is 17.9 Å². The Morgan fingerprint density at radius 2 is 0.581 bits per heavy atom. The zero-order valence-corrected chi connectivity index (χ0v) is 41.1. The Morgan fingerprint density at radius 3 is 0.903 bits per heavy atom. The average molecular weight is 869 g/mol. The zero-order chi connectivity index (χ0) is 45.1. The van der Waals surface area contributed by atoms with Gasteiger partial charge in [-0.2, -0.15) is 0 Å². The summed E-state index contributed by atoms with van der Waals surface area (Å²) in [4.78, 5) is 37.7. The maximum absolute atomic E-state index is 12.7. The van der Waals surface area contributed by atoms with E-state index < -0.39 is 6.10 Å². The number of unbranched alkanes of at least 4 members (excludes halogenated alkanes) is 29.